The molecule has 4 nitrogen and oxygen atoms in total. The van der Waals surface area contributed by atoms with Gasteiger partial charge < -0.3 is 14.9 Å². The van der Waals surface area contributed by atoms with E-state index in [-0.39, 0.29) is 12.5 Å². The van der Waals surface area contributed by atoms with E-state index < -0.39 is 18.2 Å². The summed E-state index contributed by atoms with van der Waals surface area (Å²) in [4.78, 5) is 11.1. The van der Waals surface area contributed by atoms with Crippen molar-refractivity contribution in [2.45, 2.75) is 38.4 Å². The van der Waals surface area contributed by atoms with Gasteiger partial charge in [0.25, 0.3) is 0 Å². The molecule has 1 fully saturated rings. The maximum atomic E-state index is 11.1. The average molecular weight is 214 g/mol. The first-order chi connectivity index (χ1) is 7.02. The zero-order valence-electron chi connectivity index (χ0n) is 8.98. The van der Waals surface area contributed by atoms with Gasteiger partial charge in [0, 0.05) is 11.5 Å². The zero-order valence-corrected chi connectivity index (χ0v) is 8.98. The summed E-state index contributed by atoms with van der Waals surface area (Å²) < 4.78 is 4.95. The Morgan fingerprint density at radius 2 is 2.13 bits per heavy atom. The molecule has 1 aliphatic carbocycles. The molecule has 0 aliphatic heterocycles. The van der Waals surface area contributed by atoms with Crippen LogP contribution in [0.15, 0.2) is 12.2 Å². The van der Waals surface area contributed by atoms with Crippen molar-refractivity contribution in [1.29, 1.82) is 0 Å². The fourth-order valence-corrected chi connectivity index (χ4v) is 1.73. The lowest BCUT2D eigenvalue weighted by Gasteiger charge is -2.31. The van der Waals surface area contributed by atoms with Crippen LogP contribution < -0.4 is 0 Å². The number of ether oxygens (including phenoxy) is 1. The van der Waals surface area contributed by atoms with Crippen LogP contribution in [0.3, 0.4) is 0 Å². The van der Waals surface area contributed by atoms with Crippen LogP contribution in [-0.4, -0.2) is 35.0 Å². The number of aliphatic hydroxyl groups is 2. The summed E-state index contributed by atoms with van der Waals surface area (Å²) in [6.07, 6.45) is 0.783. The third-order valence-electron chi connectivity index (χ3n) is 2.73. The van der Waals surface area contributed by atoms with E-state index in [0.717, 1.165) is 12.8 Å². The van der Waals surface area contributed by atoms with Gasteiger partial charge in [-0.25, -0.2) is 4.79 Å². The van der Waals surface area contributed by atoms with E-state index in [2.05, 4.69) is 6.58 Å². The lowest BCUT2D eigenvalue weighted by molar-refractivity contribution is -0.144. The maximum absolute atomic E-state index is 11.1. The minimum absolute atomic E-state index is 0.156. The smallest absolute Gasteiger partial charge is 0.333 e. The minimum Gasteiger partial charge on any atom is -0.462 e. The monoisotopic (exact) mass is 214 g/mol. The Balaban J connectivity index is 2.37. The molecule has 0 radical (unpaired) electrons. The second-order valence-electron chi connectivity index (χ2n) is 4.13. The van der Waals surface area contributed by atoms with Gasteiger partial charge in [-0.15, -0.1) is 0 Å². The summed E-state index contributed by atoms with van der Waals surface area (Å²) >= 11 is 0. The molecule has 0 spiro atoms. The van der Waals surface area contributed by atoms with Crippen LogP contribution >= 0.6 is 0 Å². The topological polar surface area (TPSA) is 66.8 Å². The molecule has 0 saturated heterocycles. The van der Waals surface area contributed by atoms with Gasteiger partial charge in [-0.1, -0.05) is 13.0 Å². The quantitative estimate of drug-likeness (QED) is 0.534. The number of esters is 1. The molecule has 86 valence electrons. The number of hydrogen-bond donors (Lipinski definition) is 2. The molecule has 0 heterocycles. The highest BCUT2D eigenvalue weighted by Gasteiger charge is 2.31. The van der Waals surface area contributed by atoms with E-state index >= 15 is 0 Å². The van der Waals surface area contributed by atoms with Crippen LogP contribution in [0.25, 0.3) is 0 Å². The number of carbonyl (C=O) groups excluding carboxylic acids is 1. The molecule has 1 saturated carbocycles. The molecule has 3 unspecified atom stereocenters. The van der Waals surface area contributed by atoms with Crippen LogP contribution in [0.4, 0.5) is 0 Å². The standard InChI is InChI=1S/C11H18O4/c1-7(2)11(14)15-6-8-4-3-5-9(12)10(8)13/h8-10,12-13H,1,3-6H2,2H3. The van der Waals surface area contributed by atoms with E-state index in [1.165, 1.54) is 0 Å². The molecule has 2 N–H and O–H groups in total. The Morgan fingerprint density at radius 1 is 1.47 bits per heavy atom. The van der Waals surface area contributed by atoms with Gasteiger partial charge in [0.1, 0.15) is 0 Å². The minimum atomic E-state index is -0.781. The second-order valence-corrected chi connectivity index (χ2v) is 4.13. The molecule has 3 atom stereocenters. The zero-order chi connectivity index (χ0) is 11.4. The van der Waals surface area contributed by atoms with E-state index in [0.29, 0.717) is 12.0 Å². The van der Waals surface area contributed by atoms with Crippen LogP contribution in [0.1, 0.15) is 26.2 Å². The molecule has 0 bridgehead atoms. The van der Waals surface area contributed by atoms with Gasteiger partial charge in [0.2, 0.25) is 0 Å². The Hall–Kier alpha value is -0.870. The number of rotatable bonds is 3. The van der Waals surface area contributed by atoms with Gasteiger partial charge in [0.15, 0.2) is 0 Å². The molecule has 4 heteroatoms. The molecule has 1 aliphatic rings. The Kier molecular flexibility index (Phi) is 4.29. The second kappa shape index (κ2) is 5.28. The van der Waals surface area contributed by atoms with E-state index in [4.69, 9.17) is 4.74 Å². The molecule has 0 aromatic heterocycles. The third kappa shape index (κ3) is 3.32. The molecule has 0 aromatic carbocycles. The lowest BCUT2D eigenvalue weighted by Crippen LogP contribution is -2.39. The van der Waals surface area contributed by atoms with E-state index in [1.54, 1.807) is 6.92 Å². The van der Waals surface area contributed by atoms with Crippen molar-refractivity contribution >= 4 is 5.97 Å². The van der Waals surface area contributed by atoms with Gasteiger partial charge in [0.05, 0.1) is 18.8 Å². The number of aliphatic hydroxyl groups excluding tert-OH is 2. The Morgan fingerprint density at radius 3 is 2.73 bits per heavy atom. The van der Waals surface area contributed by atoms with Crippen LogP contribution in [0.2, 0.25) is 0 Å². The highest BCUT2D eigenvalue weighted by atomic mass is 16.5. The summed E-state index contributed by atoms with van der Waals surface area (Å²) in [7, 11) is 0. The first kappa shape index (κ1) is 12.2. The van der Waals surface area contributed by atoms with Crippen molar-refractivity contribution in [3.05, 3.63) is 12.2 Å². The SMILES string of the molecule is C=C(C)C(=O)OCC1CCCC(O)C1O. The fourth-order valence-electron chi connectivity index (χ4n) is 1.73. The summed E-state index contributed by atoms with van der Waals surface area (Å²) in [5, 5.41) is 19.0. The summed E-state index contributed by atoms with van der Waals surface area (Å²) in [5.74, 6) is -0.598. The van der Waals surface area contributed by atoms with Gasteiger partial charge >= 0.3 is 5.97 Å². The molecule has 0 amide bonds. The predicted octanol–water partition coefficient (Wildman–Crippen LogP) is 0.628. The first-order valence-electron chi connectivity index (χ1n) is 5.21. The van der Waals surface area contributed by atoms with Crippen molar-refractivity contribution in [1.82, 2.24) is 0 Å². The largest absolute Gasteiger partial charge is 0.462 e. The predicted molar refractivity (Wildman–Crippen MR) is 55.1 cm³/mol. The van der Waals surface area contributed by atoms with E-state index in [9.17, 15) is 15.0 Å². The van der Waals surface area contributed by atoms with Gasteiger partial charge in [-0.2, -0.15) is 0 Å². The summed E-state index contributed by atoms with van der Waals surface area (Å²) in [6.45, 7) is 5.20. The van der Waals surface area contributed by atoms with Crippen molar-refractivity contribution in [2.24, 2.45) is 5.92 Å². The Labute approximate surface area is 89.6 Å². The summed E-state index contributed by atoms with van der Waals surface area (Å²) in [5.41, 5.74) is 0.348. The van der Waals surface area contributed by atoms with E-state index in [1.807, 2.05) is 0 Å². The maximum Gasteiger partial charge on any atom is 0.333 e. The fraction of sp³-hybridized carbons (Fsp3) is 0.727. The van der Waals surface area contributed by atoms with Crippen molar-refractivity contribution in [3.63, 3.8) is 0 Å². The Bertz CT molecular complexity index is 249. The highest BCUT2D eigenvalue weighted by molar-refractivity contribution is 5.86. The molecular formula is C11H18O4. The van der Waals surface area contributed by atoms with Gasteiger partial charge in [-0.05, 0) is 19.8 Å². The number of hydrogen-bond acceptors (Lipinski definition) is 4. The van der Waals surface area contributed by atoms with Crippen LogP contribution in [0.5, 0.6) is 0 Å². The van der Waals surface area contributed by atoms with Crippen LogP contribution in [0, 0.1) is 5.92 Å². The van der Waals surface area contributed by atoms with Crippen molar-refractivity contribution in [2.75, 3.05) is 6.61 Å². The molecule has 0 aromatic rings. The molecular weight excluding hydrogens is 196 g/mol. The highest BCUT2D eigenvalue weighted by Crippen LogP contribution is 2.25. The third-order valence-corrected chi connectivity index (χ3v) is 2.73. The van der Waals surface area contributed by atoms with Crippen LogP contribution in [-0.2, 0) is 9.53 Å². The van der Waals surface area contributed by atoms with Crippen molar-refractivity contribution in [3.8, 4) is 0 Å². The van der Waals surface area contributed by atoms with Gasteiger partial charge in [-0.3, -0.25) is 0 Å². The average Bonchev–Trinajstić information content (AvgIpc) is 2.19. The number of carbonyl (C=O) groups is 1. The molecule has 1 rings (SSSR count). The molecule has 15 heavy (non-hydrogen) atoms. The normalized spacial score (nSPS) is 31.0. The van der Waals surface area contributed by atoms with Crippen molar-refractivity contribution < 1.29 is 19.7 Å². The lowest BCUT2D eigenvalue weighted by atomic mass is 9.85. The summed E-state index contributed by atoms with van der Waals surface area (Å²) in [6, 6.07) is 0. The first-order valence-corrected chi connectivity index (χ1v) is 5.21.